The summed E-state index contributed by atoms with van der Waals surface area (Å²) in [4.78, 5) is 0. The summed E-state index contributed by atoms with van der Waals surface area (Å²) < 4.78 is 0. The lowest BCUT2D eigenvalue weighted by Crippen LogP contribution is -2.35. The van der Waals surface area contributed by atoms with E-state index in [0.717, 1.165) is 6.54 Å². The lowest BCUT2D eigenvalue weighted by Gasteiger charge is -2.05. The number of nitrogens with two attached hydrogens (primary N) is 1. The van der Waals surface area contributed by atoms with Gasteiger partial charge < -0.3 is 10.8 Å². The van der Waals surface area contributed by atoms with Crippen molar-refractivity contribution in [3.8, 4) is 0 Å². The van der Waals surface area contributed by atoms with E-state index in [1.54, 1.807) is 0 Å². The van der Waals surface area contributed by atoms with Gasteiger partial charge in [-0.2, -0.15) is 0 Å². The van der Waals surface area contributed by atoms with Crippen LogP contribution in [0.3, 0.4) is 0 Å². The number of hydrogen-bond donors (Lipinski definition) is 3. The molecule has 1 atom stereocenters. The standard InChI is InChI=1S/C4H12N2O/c1-2-6-4(7)3-5/h4,6-7H,2-3,5H2,1H3. The van der Waals surface area contributed by atoms with Gasteiger partial charge in [-0.25, -0.2) is 0 Å². The number of hydrogen-bond acceptors (Lipinski definition) is 3. The van der Waals surface area contributed by atoms with Gasteiger partial charge >= 0.3 is 0 Å². The molecule has 3 nitrogen and oxygen atoms in total. The molecule has 7 heavy (non-hydrogen) atoms. The van der Waals surface area contributed by atoms with Crippen LogP contribution >= 0.6 is 0 Å². The van der Waals surface area contributed by atoms with Gasteiger partial charge in [0.15, 0.2) is 0 Å². The van der Waals surface area contributed by atoms with Crippen molar-refractivity contribution in [1.29, 1.82) is 0 Å². The SMILES string of the molecule is CCNC(O)CN. The molecule has 0 saturated carbocycles. The maximum absolute atomic E-state index is 8.62. The van der Waals surface area contributed by atoms with Crippen molar-refractivity contribution in [2.45, 2.75) is 13.2 Å². The Hall–Kier alpha value is -0.120. The summed E-state index contributed by atoms with van der Waals surface area (Å²) in [5.41, 5.74) is 5.05. The summed E-state index contributed by atoms with van der Waals surface area (Å²) in [6, 6.07) is 0. The monoisotopic (exact) mass is 104 g/mol. The van der Waals surface area contributed by atoms with E-state index in [9.17, 15) is 0 Å². The first-order valence-corrected chi connectivity index (χ1v) is 2.42. The molecule has 44 valence electrons. The Morgan fingerprint density at radius 3 is 2.57 bits per heavy atom. The largest absolute Gasteiger partial charge is 0.377 e. The molecule has 0 fully saturated rings. The van der Waals surface area contributed by atoms with E-state index in [1.165, 1.54) is 0 Å². The second kappa shape index (κ2) is 4.05. The minimum atomic E-state index is -0.523. The van der Waals surface area contributed by atoms with Gasteiger partial charge in [-0.1, -0.05) is 6.92 Å². The highest BCUT2D eigenvalue weighted by Crippen LogP contribution is 1.65. The summed E-state index contributed by atoms with van der Waals surface area (Å²) in [6.45, 7) is 2.96. The zero-order valence-electron chi connectivity index (χ0n) is 4.52. The van der Waals surface area contributed by atoms with Gasteiger partial charge in [0.05, 0.1) is 0 Å². The predicted molar refractivity (Wildman–Crippen MR) is 28.7 cm³/mol. The summed E-state index contributed by atoms with van der Waals surface area (Å²) in [7, 11) is 0. The first-order chi connectivity index (χ1) is 3.31. The van der Waals surface area contributed by atoms with E-state index in [1.807, 2.05) is 6.92 Å². The molecule has 0 aromatic rings. The van der Waals surface area contributed by atoms with Crippen LogP contribution < -0.4 is 11.1 Å². The Balaban J connectivity index is 2.83. The molecule has 0 spiro atoms. The molecule has 0 saturated heterocycles. The molecule has 0 aliphatic heterocycles. The molecule has 0 aromatic carbocycles. The van der Waals surface area contributed by atoms with E-state index in [0.29, 0.717) is 0 Å². The maximum atomic E-state index is 8.62. The van der Waals surface area contributed by atoms with E-state index in [2.05, 4.69) is 5.32 Å². The third kappa shape index (κ3) is 3.72. The summed E-state index contributed by atoms with van der Waals surface area (Å²) >= 11 is 0. The Labute approximate surface area is 43.5 Å². The summed E-state index contributed by atoms with van der Waals surface area (Å²) in [5.74, 6) is 0. The fourth-order valence-corrected chi connectivity index (χ4v) is 0.319. The van der Waals surface area contributed by atoms with Crippen LogP contribution in [0, 0.1) is 0 Å². The molecule has 0 aromatic heterocycles. The molecular weight excluding hydrogens is 92.1 g/mol. The van der Waals surface area contributed by atoms with Crippen LogP contribution in [0.5, 0.6) is 0 Å². The van der Waals surface area contributed by atoms with Crippen molar-refractivity contribution < 1.29 is 5.11 Å². The second-order valence-corrected chi connectivity index (χ2v) is 1.31. The smallest absolute Gasteiger partial charge is 0.117 e. The third-order valence-corrected chi connectivity index (χ3v) is 0.663. The van der Waals surface area contributed by atoms with E-state index in [-0.39, 0.29) is 6.54 Å². The Kier molecular flexibility index (Phi) is 3.98. The average Bonchev–Trinajstić information content (AvgIpc) is 1.68. The average molecular weight is 104 g/mol. The van der Waals surface area contributed by atoms with Crippen LogP contribution in [-0.2, 0) is 0 Å². The van der Waals surface area contributed by atoms with Gasteiger partial charge in [0.1, 0.15) is 6.23 Å². The number of nitrogens with one attached hydrogen (secondary N) is 1. The Morgan fingerprint density at radius 2 is 2.43 bits per heavy atom. The fourth-order valence-electron chi connectivity index (χ4n) is 0.319. The Bertz CT molecular complexity index is 40.7. The molecule has 0 amide bonds. The van der Waals surface area contributed by atoms with Gasteiger partial charge in [-0.05, 0) is 6.54 Å². The number of aliphatic hydroxyl groups is 1. The predicted octanol–water partition coefficient (Wildman–Crippen LogP) is -1.13. The van der Waals surface area contributed by atoms with Crippen molar-refractivity contribution in [2.75, 3.05) is 13.1 Å². The van der Waals surface area contributed by atoms with Gasteiger partial charge in [0.2, 0.25) is 0 Å². The van der Waals surface area contributed by atoms with E-state index >= 15 is 0 Å². The van der Waals surface area contributed by atoms with Crippen LogP contribution in [-0.4, -0.2) is 24.4 Å². The maximum Gasteiger partial charge on any atom is 0.117 e. The van der Waals surface area contributed by atoms with Gasteiger partial charge in [0, 0.05) is 6.54 Å². The molecular formula is C4H12N2O. The second-order valence-electron chi connectivity index (χ2n) is 1.31. The van der Waals surface area contributed by atoms with Crippen molar-refractivity contribution in [3.05, 3.63) is 0 Å². The van der Waals surface area contributed by atoms with Crippen molar-refractivity contribution >= 4 is 0 Å². The van der Waals surface area contributed by atoms with Crippen molar-refractivity contribution in [1.82, 2.24) is 5.32 Å². The van der Waals surface area contributed by atoms with Crippen molar-refractivity contribution in [3.63, 3.8) is 0 Å². The summed E-state index contributed by atoms with van der Waals surface area (Å²) in [6.07, 6.45) is -0.523. The molecule has 0 radical (unpaired) electrons. The van der Waals surface area contributed by atoms with Crippen LogP contribution in [0.1, 0.15) is 6.92 Å². The zero-order valence-corrected chi connectivity index (χ0v) is 4.52. The Morgan fingerprint density at radius 1 is 1.86 bits per heavy atom. The summed E-state index contributed by atoms with van der Waals surface area (Å²) in [5, 5.41) is 11.3. The third-order valence-electron chi connectivity index (χ3n) is 0.663. The van der Waals surface area contributed by atoms with Crippen LogP contribution in [0.15, 0.2) is 0 Å². The lowest BCUT2D eigenvalue weighted by atomic mass is 10.5. The van der Waals surface area contributed by atoms with Crippen LogP contribution in [0.2, 0.25) is 0 Å². The molecule has 0 rings (SSSR count). The van der Waals surface area contributed by atoms with E-state index in [4.69, 9.17) is 10.8 Å². The molecule has 4 N–H and O–H groups in total. The number of rotatable bonds is 3. The number of likely N-dealkylation sites (N-methyl/N-ethyl adjacent to an activating group) is 1. The van der Waals surface area contributed by atoms with Gasteiger partial charge in [-0.15, -0.1) is 0 Å². The fraction of sp³-hybridized carbons (Fsp3) is 1.00. The first-order valence-electron chi connectivity index (χ1n) is 2.42. The zero-order chi connectivity index (χ0) is 5.70. The lowest BCUT2D eigenvalue weighted by molar-refractivity contribution is 0.148. The normalized spacial score (nSPS) is 14.1. The molecule has 0 aliphatic rings. The quantitative estimate of drug-likeness (QED) is 0.397. The molecule has 3 heteroatoms. The molecule has 1 unspecified atom stereocenters. The minimum absolute atomic E-state index is 0.286. The van der Waals surface area contributed by atoms with Crippen LogP contribution in [0.4, 0.5) is 0 Å². The molecule has 0 aliphatic carbocycles. The number of aliphatic hydroxyl groups excluding tert-OH is 1. The molecule has 0 bridgehead atoms. The highest BCUT2D eigenvalue weighted by Gasteiger charge is 1.92. The highest BCUT2D eigenvalue weighted by atomic mass is 16.3. The minimum Gasteiger partial charge on any atom is -0.377 e. The van der Waals surface area contributed by atoms with Crippen LogP contribution in [0.25, 0.3) is 0 Å². The van der Waals surface area contributed by atoms with E-state index < -0.39 is 6.23 Å². The topological polar surface area (TPSA) is 58.3 Å². The van der Waals surface area contributed by atoms with Gasteiger partial charge in [-0.3, -0.25) is 5.32 Å². The first kappa shape index (κ1) is 6.88. The molecule has 0 heterocycles. The highest BCUT2D eigenvalue weighted by molar-refractivity contribution is 4.48. The van der Waals surface area contributed by atoms with Gasteiger partial charge in [0.25, 0.3) is 0 Å². The van der Waals surface area contributed by atoms with Crippen molar-refractivity contribution in [2.24, 2.45) is 5.73 Å².